The highest BCUT2D eigenvalue weighted by molar-refractivity contribution is 7.17. The van der Waals surface area contributed by atoms with Gasteiger partial charge in [0.2, 0.25) is 0 Å². The van der Waals surface area contributed by atoms with E-state index in [4.69, 9.17) is 4.98 Å². The first kappa shape index (κ1) is 18.6. The van der Waals surface area contributed by atoms with Crippen LogP contribution in [0.5, 0.6) is 0 Å². The summed E-state index contributed by atoms with van der Waals surface area (Å²) in [5.74, 6) is 0.840. The molecule has 1 aliphatic heterocycles. The van der Waals surface area contributed by atoms with Crippen LogP contribution in [0.25, 0.3) is 32.2 Å². The highest BCUT2D eigenvalue weighted by Crippen LogP contribution is 2.31. The maximum absolute atomic E-state index is 4.95. The van der Waals surface area contributed by atoms with E-state index >= 15 is 0 Å². The lowest BCUT2D eigenvalue weighted by Gasteiger charge is -2.22. The molecule has 1 aliphatic rings. The highest BCUT2D eigenvalue weighted by Gasteiger charge is 2.13. The van der Waals surface area contributed by atoms with Gasteiger partial charge in [0.25, 0.3) is 0 Å². The number of rotatable bonds is 6. The summed E-state index contributed by atoms with van der Waals surface area (Å²) in [6, 6.07) is 19.5. The first-order valence-corrected chi connectivity index (χ1v) is 11.6. The van der Waals surface area contributed by atoms with E-state index in [0.717, 1.165) is 23.7 Å². The summed E-state index contributed by atoms with van der Waals surface area (Å²) in [5, 5.41) is 11.9. The molecule has 4 heteroatoms. The van der Waals surface area contributed by atoms with Gasteiger partial charge >= 0.3 is 0 Å². The number of hydrogen-bond acceptors (Lipinski definition) is 4. The Morgan fingerprint density at radius 2 is 2.07 bits per heavy atom. The number of nitrogens with zero attached hydrogens (tertiary/aromatic N) is 1. The van der Waals surface area contributed by atoms with E-state index in [1.165, 1.54) is 65.5 Å². The summed E-state index contributed by atoms with van der Waals surface area (Å²) in [6.45, 7) is 3.39. The second-order valence-corrected chi connectivity index (χ2v) is 8.97. The van der Waals surface area contributed by atoms with E-state index in [1.807, 2.05) is 0 Å². The second kappa shape index (κ2) is 8.52. The van der Waals surface area contributed by atoms with Crippen LogP contribution in [0.2, 0.25) is 0 Å². The Balaban J connectivity index is 1.38. The fourth-order valence-corrected chi connectivity index (χ4v) is 5.15. The van der Waals surface area contributed by atoms with E-state index < -0.39 is 0 Å². The predicted octanol–water partition coefficient (Wildman–Crippen LogP) is 6.31. The molecule has 2 N–H and O–H groups in total. The third kappa shape index (κ3) is 4.14. The van der Waals surface area contributed by atoms with Crippen molar-refractivity contribution in [2.45, 2.75) is 25.7 Å². The Morgan fingerprint density at radius 3 is 3.00 bits per heavy atom. The van der Waals surface area contributed by atoms with Crippen molar-refractivity contribution in [3.8, 4) is 11.3 Å². The Bertz CT molecular complexity index is 1110. The normalized spacial score (nSPS) is 17.0. The number of benzene rings is 2. The molecule has 0 bridgehead atoms. The van der Waals surface area contributed by atoms with E-state index in [0.29, 0.717) is 0 Å². The predicted molar refractivity (Wildman–Crippen MR) is 126 cm³/mol. The van der Waals surface area contributed by atoms with Gasteiger partial charge in [-0.25, -0.2) is 4.98 Å². The average Bonchev–Trinajstić information content (AvgIpc) is 3.25. The number of nitrogens with one attached hydrogen (secondary N) is 2. The van der Waals surface area contributed by atoms with Crippen molar-refractivity contribution in [3.05, 3.63) is 60.0 Å². The largest absolute Gasteiger partial charge is 0.384 e. The van der Waals surface area contributed by atoms with E-state index in [9.17, 15) is 0 Å². The summed E-state index contributed by atoms with van der Waals surface area (Å²) in [6.07, 6.45) is 5.20. The number of fused-ring (bicyclic) bond motifs is 2. The Kier molecular flexibility index (Phi) is 5.46. The number of thiophene rings is 1. The molecule has 3 heterocycles. The molecule has 0 aliphatic carbocycles. The van der Waals surface area contributed by atoms with Crippen LogP contribution in [0, 0.1) is 5.92 Å². The molecule has 5 rings (SSSR count). The van der Waals surface area contributed by atoms with Gasteiger partial charge in [0, 0.05) is 27.9 Å². The zero-order chi connectivity index (χ0) is 19.5. The van der Waals surface area contributed by atoms with Crippen LogP contribution in [0.4, 0.5) is 5.69 Å². The molecule has 0 saturated carbocycles. The fraction of sp³-hybridized carbons (Fsp3) is 0.320. The fourth-order valence-electron chi connectivity index (χ4n) is 4.38. The molecule has 29 heavy (non-hydrogen) atoms. The molecule has 1 atom stereocenters. The summed E-state index contributed by atoms with van der Waals surface area (Å²) >= 11 is 1.78. The van der Waals surface area contributed by atoms with Crippen LogP contribution in [0.15, 0.2) is 60.0 Å². The van der Waals surface area contributed by atoms with E-state index in [1.54, 1.807) is 11.3 Å². The van der Waals surface area contributed by atoms with Crippen LogP contribution in [-0.4, -0.2) is 24.6 Å². The molecule has 1 saturated heterocycles. The minimum absolute atomic E-state index is 0.840. The van der Waals surface area contributed by atoms with Gasteiger partial charge in [0.15, 0.2) is 0 Å². The summed E-state index contributed by atoms with van der Waals surface area (Å²) in [7, 11) is 0. The molecule has 1 unspecified atom stereocenters. The molecule has 148 valence electrons. The molecule has 0 radical (unpaired) electrons. The molecule has 0 spiro atoms. The van der Waals surface area contributed by atoms with Gasteiger partial charge in [0.05, 0.1) is 11.2 Å². The number of para-hydroxylation sites is 1. The van der Waals surface area contributed by atoms with Crippen molar-refractivity contribution in [2.24, 2.45) is 5.92 Å². The average molecular weight is 402 g/mol. The molecule has 2 aromatic carbocycles. The van der Waals surface area contributed by atoms with Gasteiger partial charge in [-0.05, 0) is 85.8 Å². The maximum Gasteiger partial charge on any atom is 0.0730 e. The smallest absolute Gasteiger partial charge is 0.0730 e. The summed E-state index contributed by atoms with van der Waals surface area (Å²) < 4.78 is 1.32. The van der Waals surface area contributed by atoms with Crippen LogP contribution in [0.3, 0.4) is 0 Å². The Labute approximate surface area is 176 Å². The number of aromatic nitrogens is 1. The van der Waals surface area contributed by atoms with Crippen molar-refractivity contribution < 1.29 is 0 Å². The Hall–Kier alpha value is -2.43. The van der Waals surface area contributed by atoms with Gasteiger partial charge in [-0.15, -0.1) is 11.3 Å². The SMILES string of the molecule is c1ccc2c(NCCCC3CCCNC3)cc(-c3ccc4sccc4c3)nc2c1. The molecule has 4 aromatic rings. The van der Waals surface area contributed by atoms with Crippen molar-refractivity contribution in [1.82, 2.24) is 10.3 Å². The van der Waals surface area contributed by atoms with Gasteiger partial charge in [-0.1, -0.05) is 24.3 Å². The van der Waals surface area contributed by atoms with Crippen LogP contribution in [-0.2, 0) is 0 Å². The first-order chi connectivity index (χ1) is 14.4. The van der Waals surface area contributed by atoms with Gasteiger partial charge in [0.1, 0.15) is 0 Å². The lowest BCUT2D eigenvalue weighted by molar-refractivity contribution is 0.353. The second-order valence-electron chi connectivity index (χ2n) is 8.03. The Morgan fingerprint density at radius 1 is 1.10 bits per heavy atom. The zero-order valence-electron chi connectivity index (χ0n) is 16.7. The molecule has 1 fully saturated rings. The van der Waals surface area contributed by atoms with Crippen LogP contribution >= 0.6 is 11.3 Å². The minimum atomic E-state index is 0.840. The van der Waals surface area contributed by atoms with Crippen LogP contribution in [0.1, 0.15) is 25.7 Å². The molecule has 0 amide bonds. The monoisotopic (exact) mass is 401 g/mol. The van der Waals surface area contributed by atoms with E-state index in [2.05, 4.69) is 70.6 Å². The molecule has 2 aromatic heterocycles. The molecule has 3 nitrogen and oxygen atoms in total. The summed E-state index contributed by atoms with van der Waals surface area (Å²) in [5.41, 5.74) is 4.46. The van der Waals surface area contributed by atoms with Crippen molar-refractivity contribution >= 4 is 38.0 Å². The van der Waals surface area contributed by atoms with Crippen LogP contribution < -0.4 is 10.6 Å². The van der Waals surface area contributed by atoms with Gasteiger partial charge < -0.3 is 10.6 Å². The minimum Gasteiger partial charge on any atom is -0.384 e. The quantitative estimate of drug-likeness (QED) is 0.372. The van der Waals surface area contributed by atoms with Crippen molar-refractivity contribution in [2.75, 3.05) is 25.0 Å². The van der Waals surface area contributed by atoms with E-state index in [-0.39, 0.29) is 0 Å². The number of pyridine rings is 1. The zero-order valence-corrected chi connectivity index (χ0v) is 17.5. The standard InChI is InChI=1S/C25H27N3S/c1-2-8-22-21(7-1)24(27-13-4-6-18-5-3-12-26-17-18)16-23(28-22)19-9-10-25-20(15-19)11-14-29-25/h1-2,7-11,14-16,18,26H,3-6,12-13,17H2,(H,27,28). The summed E-state index contributed by atoms with van der Waals surface area (Å²) in [4.78, 5) is 4.95. The van der Waals surface area contributed by atoms with Gasteiger partial charge in [-0.2, -0.15) is 0 Å². The third-order valence-corrected chi connectivity index (χ3v) is 6.87. The number of hydrogen-bond donors (Lipinski definition) is 2. The molecular weight excluding hydrogens is 374 g/mol. The molecular formula is C25H27N3S. The number of piperidine rings is 1. The number of anilines is 1. The third-order valence-electron chi connectivity index (χ3n) is 5.97. The lowest BCUT2D eigenvalue weighted by Crippen LogP contribution is -2.29. The first-order valence-electron chi connectivity index (χ1n) is 10.7. The lowest BCUT2D eigenvalue weighted by atomic mass is 9.95. The van der Waals surface area contributed by atoms with Crippen molar-refractivity contribution in [3.63, 3.8) is 0 Å². The maximum atomic E-state index is 4.95. The highest BCUT2D eigenvalue weighted by atomic mass is 32.1. The topological polar surface area (TPSA) is 37.0 Å². The van der Waals surface area contributed by atoms with Crippen molar-refractivity contribution in [1.29, 1.82) is 0 Å². The van der Waals surface area contributed by atoms with Gasteiger partial charge in [-0.3, -0.25) is 0 Å².